The minimum atomic E-state index is -0.767. The molecule has 0 spiro atoms. The summed E-state index contributed by atoms with van der Waals surface area (Å²) in [6, 6.07) is 0. The van der Waals surface area contributed by atoms with Crippen molar-refractivity contribution in [2.75, 3.05) is 13.2 Å². The molecule has 0 aromatic heterocycles. The fourth-order valence-corrected chi connectivity index (χ4v) is 11.5. The smallest absolute Gasteiger partial charge is 0.306 e. The molecular weight excluding hydrogens is 985 g/mol. The Balaban J connectivity index is 4.13. The van der Waals surface area contributed by atoms with E-state index in [1.54, 1.807) is 0 Å². The van der Waals surface area contributed by atoms with Crippen LogP contribution in [0.25, 0.3) is 0 Å². The largest absolute Gasteiger partial charge is 0.462 e. The van der Waals surface area contributed by atoms with E-state index >= 15 is 0 Å². The Labute approximate surface area is 501 Å². The Morgan fingerprint density at radius 1 is 0.237 bits per heavy atom. The third kappa shape index (κ3) is 66.9. The normalized spacial score (nSPS) is 12.0. The quantitative estimate of drug-likeness (QED) is 0.0261. The van der Waals surface area contributed by atoms with Crippen LogP contribution in [0.15, 0.2) is 12.2 Å². The lowest BCUT2D eigenvalue weighted by molar-refractivity contribution is -0.167. The second-order valence-corrected chi connectivity index (χ2v) is 25.2. The summed E-state index contributed by atoms with van der Waals surface area (Å²) in [5, 5.41) is 0. The molecule has 1 unspecified atom stereocenters. The molecule has 6 heteroatoms. The SMILES string of the molecule is CCCCCCCC/C=C\CCCCCCCCCCCC(=O)OC(COC(=O)CCCCCCCCCCCCCCC)COC(=O)CCCCCCCCCCCCCCCCCCCCCCCCCCCCCCCC. The number of carbonyl (C=O) groups excluding carboxylic acids is 3. The summed E-state index contributed by atoms with van der Waals surface area (Å²) < 4.78 is 17.0. The summed E-state index contributed by atoms with van der Waals surface area (Å²) >= 11 is 0. The highest BCUT2D eigenvalue weighted by Gasteiger charge is 2.20. The first kappa shape index (κ1) is 78.1. The summed E-state index contributed by atoms with van der Waals surface area (Å²) in [6.07, 6.45) is 84.0. The standard InChI is InChI=1S/C74H142O6/c1-4-7-10-13-16-19-22-25-27-29-31-32-33-34-35-36-37-38-39-40-41-43-44-46-49-52-55-58-61-64-67-73(76)79-70-71(69-78-72(75)66-63-60-57-54-51-48-24-21-18-15-12-9-6-3)80-74(77)68-65-62-59-56-53-50-47-45-42-30-28-26-23-20-17-14-11-8-5-2/h26,28,71H,4-25,27,29-70H2,1-3H3/b28-26-. The molecule has 80 heavy (non-hydrogen) atoms. The van der Waals surface area contributed by atoms with Crippen molar-refractivity contribution in [1.29, 1.82) is 0 Å². The average Bonchev–Trinajstić information content (AvgIpc) is 3.46. The van der Waals surface area contributed by atoms with E-state index in [0.717, 1.165) is 57.8 Å². The Morgan fingerprint density at radius 3 is 0.625 bits per heavy atom. The van der Waals surface area contributed by atoms with Gasteiger partial charge >= 0.3 is 17.9 Å². The topological polar surface area (TPSA) is 78.9 Å². The second kappa shape index (κ2) is 69.6. The maximum Gasteiger partial charge on any atom is 0.306 e. The first-order valence-corrected chi connectivity index (χ1v) is 36.7. The summed E-state index contributed by atoms with van der Waals surface area (Å²) in [6.45, 7) is 6.72. The molecule has 0 amide bonds. The summed E-state index contributed by atoms with van der Waals surface area (Å²) in [5.41, 5.74) is 0. The van der Waals surface area contributed by atoms with Crippen LogP contribution in [0.1, 0.15) is 425 Å². The van der Waals surface area contributed by atoms with E-state index in [1.165, 1.54) is 327 Å². The van der Waals surface area contributed by atoms with Crippen LogP contribution in [0.2, 0.25) is 0 Å². The van der Waals surface area contributed by atoms with Crippen LogP contribution in [-0.2, 0) is 28.6 Å². The van der Waals surface area contributed by atoms with Crippen molar-refractivity contribution in [3.63, 3.8) is 0 Å². The van der Waals surface area contributed by atoms with Crippen LogP contribution in [0, 0.1) is 0 Å². The Hall–Kier alpha value is -1.85. The number of unbranched alkanes of at least 4 members (excludes halogenated alkanes) is 56. The van der Waals surface area contributed by atoms with Crippen LogP contribution >= 0.6 is 0 Å². The molecule has 0 N–H and O–H groups in total. The number of rotatable bonds is 69. The van der Waals surface area contributed by atoms with Gasteiger partial charge in [-0.1, -0.05) is 373 Å². The molecule has 0 bridgehead atoms. The van der Waals surface area contributed by atoms with Crippen molar-refractivity contribution in [3.8, 4) is 0 Å². The van der Waals surface area contributed by atoms with Gasteiger partial charge in [0, 0.05) is 19.3 Å². The minimum absolute atomic E-state index is 0.0638. The molecule has 0 radical (unpaired) electrons. The maximum absolute atomic E-state index is 12.9. The first-order chi connectivity index (χ1) is 39.5. The molecule has 0 aliphatic rings. The molecule has 0 aromatic carbocycles. The van der Waals surface area contributed by atoms with Crippen LogP contribution < -0.4 is 0 Å². The van der Waals surface area contributed by atoms with E-state index in [-0.39, 0.29) is 31.1 Å². The predicted molar refractivity (Wildman–Crippen MR) is 349 cm³/mol. The fraction of sp³-hybridized carbons (Fsp3) is 0.932. The van der Waals surface area contributed by atoms with Gasteiger partial charge in [-0.3, -0.25) is 14.4 Å². The molecule has 6 nitrogen and oxygen atoms in total. The van der Waals surface area contributed by atoms with E-state index in [4.69, 9.17) is 14.2 Å². The third-order valence-electron chi connectivity index (χ3n) is 17.0. The zero-order chi connectivity index (χ0) is 57.8. The van der Waals surface area contributed by atoms with Crippen molar-refractivity contribution in [1.82, 2.24) is 0 Å². The second-order valence-electron chi connectivity index (χ2n) is 25.2. The fourth-order valence-electron chi connectivity index (χ4n) is 11.5. The van der Waals surface area contributed by atoms with Crippen LogP contribution in [0.3, 0.4) is 0 Å². The summed E-state index contributed by atoms with van der Waals surface area (Å²) in [4.78, 5) is 38.4. The Kier molecular flexibility index (Phi) is 68.0. The van der Waals surface area contributed by atoms with Gasteiger partial charge in [0.05, 0.1) is 0 Å². The highest BCUT2D eigenvalue weighted by molar-refractivity contribution is 5.71. The van der Waals surface area contributed by atoms with Crippen LogP contribution in [0.5, 0.6) is 0 Å². The first-order valence-electron chi connectivity index (χ1n) is 36.7. The maximum atomic E-state index is 12.9. The molecule has 0 heterocycles. The lowest BCUT2D eigenvalue weighted by atomic mass is 10.0. The molecule has 0 fully saturated rings. The Morgan fingerprint density at radius 2 is 0.412 bits per heavy atom. The van der Waals surface area contributed by atoms with Crippen molar-refractivity contribution >= 4 is 17.9 Å². The Bertz CT molecular complexity index is 1250. The third-order valence-corrected chi connectivity index (χ3v) is 17.0. The average molecular weight is 1130 g/mol. The van der Waals surface area contributed by atoms with E-state index in [1.807, 2.05) is 0 Å². The summed E-state index contributed by atoms with van der Waals surface area (Å²) in [5.74, 6) is -0.830. The van der Waals surface area contributed by atoms with Gasteiger partial charge in [0.1, 0.15) is 13.2 Å². The highest BCUT2D eigenvalue weighted by atomic mass is 16.6. The molecule has 474 valence electrons. The van der Waals surface area contributed by atoms with Crippen molar-refractivity contribution in [3.05, 3.63) is 12.2 Å². The van der Waals surface area contributed by atoms with Crippen molar-refractivity contribution in [2.24, 2.45) is 0 Å². The van der Waals surface area contributed by atoms with E-state index < -0.39 is 6.10 Å². The van der Waals surface area contributed by atoms with Gasteiger partial charge in [-0.25, -0.2) is 0 Å². The van der Waals surface area contributed by atoms with Crippen LogP contribution in [-0.4, -0.2) is 37.2 Å². The summed E-state index contributed by atoms with van der Waals surface area (Å²) in [7, 11) is 0. The number of ether oxygens (including phenoxy) is 3. The number of hydrogen-bond donors (Lipinski definition) is 0. The molecule has 0 saturated carbocycles. The minimum Gasteiger partial charge on any atom is -0.462 e. The van der Waals surface area contributed by atoms with Gasteiger partial charge in [0.2, 0.25) is 0 Å². The van der Waals surface area contributed by atoms with E-state index in [9.17, 15) is 14.4 Å². The van der Waals surface area contributed by atoms with Gasteiger partial charge in [-0.05, 0) is 44.9 Å². The molecule has 0 rings (SSSR count). The van der Waals surface area contributed by atoms with Crippen molar-refractivity contribution in [2.45, 2.75) is 431 Å². The van der Waals surface area contributed by atoms with Gasteiger partial charge in [0.15, 0.2) is 6.10 Å². The number of allylic oxidation sites excluding steroid dienone is 2. The molecule has 0 aromatic rings. The number of esters is 3. The lowest BCUT2D eigenvalue weighted by Crippen LogP contribution is -2.30. The van der Waals surface area contributed by atoms with Gasteiger partial charge in [-0.2, -0.15) is 0 Å². The molecule has 0 aliphatic carbocycles. The zero-order valence-corrected chi connectivity index (χ0v) is 54.6. The molecule has 0 saturated heterocycles. The van der Waals surface area contributed by atoms with E-state index in [2.05, 4.69) is 32.9 Å². The monoisotopic (exact) mass is 1130 g/mol. The lowest BCUT2D eigenvalue weighted by Gasteiger charge is -2.18. The zero-order valence-electron chi connectivity index (χ0n) is 54.6. The van der Waals surface area contributed by atoms with Crippen molar-refractivity contribution < 1.29 is 28.6 Å². The van der Waals surface area contributed by atoms with Gasteiger partial charge in [0.25, 0.3) is 0 Å². The highest BCUT2D eigenvalue weighted by Crippen LogP contribution is 2.19. The predicted octanol–water partition coefficient (Wildman–Crippen LogP) is 25.2. The van der Waals surface area contributed by atoms with Crippen LogP contribution in [0.4, 0.5) is 0 Å². The van der Waals surface area contributed by atoms with Gasteiger partial charge in [-0.15, -0.1) is 0 Å². The molecule has 0 aliphatic heterocycles. The molecular formula is C74H142O6. The molecule has 1 atom stereocenters. The number of carbonyl (C=O) groups is 3. The number of hydrogen-bond acceptors (Lipinski definition) is 6. The van der Waals surface area contributed by atoms with E-state index in [0.29, 0.717) is 19.3 Å². The van der Waals surface area contributed by atoms with Gasteiger partial charge < -0.3 is 14.2 Å².